The number of fused-ring (bicyclic) bond motifs is 1. The van der Waals surface area contributed by atoms with Crippen LogP contribution < -0.4 is 5.32 Å². The summed E-state index contributed by atoms with van der Waals surface area (Å²) in [5, 5.41) is 14.5. The van der Waals surface area contributed by atoms with Crippen LogP contribution in [-0.2, 0) is 22.4 Å². The van der Waals surface area contributed by atoms with Crippen molar-refractivity contribution in [3.05, 3.63) is 50.2 Å². The fourth-order valence-electron chi connectivity index (χ4n) is 2.97. The Morgan fingerprint density at radius 2 is 2.07 bits per heavy atom. The Kier molecular flexibility index (Phi) is 6.08. The third kappa shape index (κ3) is 4.28. The minimum Gasteiger partial charge on any atom is -0.477 e. The van der Waals surface area contributed by atoms with Crippen LogP contribution >= 0.6 is 22.7 Å². The molecule has 2 heterocycles. The maximum Gasteiger partial charge on any atom is 0.352 e. The third-order valence-electron chi connectivity index (χ3n) is 4.17. The quantitative estimate of drug-likeness (QED) is 0.409. The summed E-state index contributed by atoms with van der Waals surface area (Å²) >= 11 is 2.60. The Morgan fingerprint density at radius 3 is 2.74 bits per heavy atom. The Balaban J connectivity index is 1.96. The van der Waals surface area contributed by atoms with Crippen LogP contribution in [0.4, 0.5) is 5.00 Å². The van der Waals surface area contributed by atoms with Gasteiger partial charge in [0.2, 0.25) is 0 Å². The monoisotopic (exact) mass is 405 g/mol. The molecule has 6 nitrogen and oxygen atoms in total. The molecule has 8 heteroatoms. The molecular formula is C19H19NO5S2. The summed E-state index contributed by atoms with van der Waals surface area (Å²) in [6, 6.07) is 3.36. The number of hydrogen-bond donors (Lipinski definition) is 2. The van der Waals surface area contributed by atoms with Crippen molar-refractivity contribution in [2.75, 3.05) is 11.9 Å². The van der Waals surface area contributed by atoms with Crippen LogP contribution in [0.15, 0.2) is 29.3 Å². The normalized spacial score (nSPS) is 13.7. The summed E-state index contributed by atoms with van der Waals surface area (Å²) in [6.45, 7) is 1.97. The molecule has 0 saturated carbocycles. The number of carbonyl (C=O) groups is 3. The summed E-state index contributed by atoms with van der Waals surface area (Å²) in [6.07, 6.45) is 4.69. The first-order valence-corrected chi connectivity index (χ1v) is 10.3. The van der Waals surface area contributed by atoms with Gasteiger partial charge in [-0.15, -0.1) is 22.7 Å². The summed E-state index contributed by atoms with van der Waals surface area (Å²) in [4.78, 5) is 37.9. The molecule has 0 amide bonds. The first kappa shape index (κ1) is 19.3. The highest BCUT2D eigenvalue weighted by Gasteiger charge is 2.27. The van der Waals surface area contributed by atoms with E-state index in [1.54, 1.807) is 24.4 Å². The molecule has 0 saturated heterocycles. The van der Waals surface area contributed by atoms with Gasteiger partial charge in [0.15, 0.2) is 5.78 Å². The number of rotatable bonds is 7. The lowest BCUT2D eigenvalue weighted by molar-refractivity contribution is -0.132. The molecule has 1 aliphatic carbocycles. The number of hydrogen-bond acceptors (Lipinski definition) is 7. The molecule has 0 aliphatic heterocycles. The number of allylic oxidation sites excluding steroid dienone is 1. The SMILES string of the molecule is CCOC(=O)c1c(NC(=CC(=O)c2cccs2)C(=O)O)sc2c1CCCC2. The Labute approximate surface area is 164 Å². The van der Waals surface area contributed by atoms with Crippen molar-refractivity contribution < 1.29 is 24.2 Å². The number of carboxylic acid groups (broad SMARTS) is 1. The van der Waals surface area contributed by atoms with Crippen LogP contribution in [0.5, 0.6) is 0 Å². The molecule has 2 aromatic rings. The van der Waals surface area contributed by atoms with E-state index in [1.165, 1.54) is 22.7 Å². The zero-order valence-electron chi connectivity index (χ0n) is 14.7. The van der Waals surface area contributed by atoms with Gasteiger partial charge < -0.3 is 15.2 Å². The van der Waals surface area contributed by atoms with Gasteiger partial charge in [-0.2, -0.15) is 0 Å². The van der Waals surface area contributed by atoms with Crippen LogP contribution in [0.3, 0.4) is 0 Å². The molecule has 2 N–H and O–H groups in total. The van der Waals surface area contributed by atoms with Crippen LogP contribution in [0.1, 0.15) is 50.2 Å². The summed E-state index contributed by atoms with van der Waals surface area (Å²) in [5.74, 6) is -2.12. The van der Waals surface area contributed by atoms with Crippen molar-refractivity contribution in [2.24, 2.45) is 0 Å². The second-order valence-corrected chi connectivity index (χ2v) is 8.02. The fourth-order valence-corrected chi connectivity index (χ4v) is 4.89. The molecule has 0 fully saturated rings. The molecule has 0 bridgehead atoms. The number of nitrogens with one attached hydrogen (secondary N) is 1. The molecule has 142 valence electrons. The average Bonchev–Trinajstić information content (AvgIpc) is 3.28. The van der Waals surface area contributed by atoms with E-state index in [1.807, 2.05) is 0 Å². The highest BCUT2D eigenvalue weighted by atomic mass is 32.1. The number of anilines is 1. The van der Waals surface area contributed by atoms with Crippen LogP contribution in [-0.4, -0.2) is 29.4 Å². The van der Waals surface area contributed by atoms with E-state index in [9.17, 15) is 19.5 Å². The smallest absolute Gasteiger partial charge is 0.352 e. The summed E-state index contributed by atoms with van der Waals surface area (Å²) < 4.78 is 5.17. The third-order valence-corrected chi connectivity index (χ3v) is 6.26. The number of thiophene rings is 2. The second kappa shape index (κ2) is 8.49. The summed E-state index contributed by atoms with van der Waals surface area (Å²) in [5.41, 5.74) is 1.06. The zero-order chi connectivity index (χ0) is 19.4. The van der Waals surface area contributed by atoms with Crippen molar-refractivity contribution in [2.45, 2.75) is 32.6 Å². The maximum atomic E-state index is 12.5. The van der Waals surface area contributed by atoms with Gasteiger partial charge in [-0.25, -0.2) is 9.59 Å². The Bertz CT molecular complexity index is 896. The Hall–Kier alpha value is -2.45. The maximum absolute atomic E-state index is 12.5. The molecule has 0 unspecified atom stereocenters. The first-order valence-electron chi connectivity index (χ1n) is 8.62. The van der Waals surface area contributed by atoms with E-state index in [0.717, 1.165) is 42.2 Å². The number of carbonyl (C=O) groups excluding carboxylic acids is 2. The van der Waals surface area contributed by atoms with Crippen molar-refractivity contribution in [3.63, 3.8) is 0 Å². The van der Waals surface area contributed by atoms with Crippen molar-refractivity contribution in [1.29, 1.82) is 0 Å². The van der Waals surface area contributed by atoms with Gasteiger partial charge in [0.05, 0.1) is 17.0 Å². The van der Waals surface area contributed by atoms with Crippen LogP contribution in [0.25, 0.3) is 0 Å². The first-order chi connectivity index (χ1) is 13.0. The van der Waals surface area contributed by atoms with Gasteiger partial charge >= 0.3 is 11.9 Å². The van der Waals surface area contributed by atoms with E-state index in [0.29, 0.717) is 15.4 Å². The van der Waals surface area contributed by atoms with E-state index < -0.39 is 17.7 Å². The molecule has 2 aromatic heterocycles. The van der Waals surface area contributed by atoms with Crippen molar-refractivity contribution in [1.82, 2.24) is 0 Å². The number of aliphatic carboxylic acids is 1. The van der Waals surface area contributed by atoms with Gasteiger partial charge in [0.25, 0.3) is 0 Å². The number of ketones is 1. The van der Waals surface area contributed by atoms with Gasteiger partial charge in [0, 0.05) is 11.0 Å². The minimum atomic E-state index is -1.26. The van der Waals surface area contributed by atoms with Crippen LogP contribution in [0, 0.1) is 0 Å². The zero-order valence-corrected chi connectivity index (χ0v) is 16.4. The van der Waals surface area contributed by atoms with Gasteiger partial charge in [-0.1, -0.05) is 6.07 Å². The predicted octanol–water partition coefficient (Wildman–Crippen LogP) is 4.13. The molecule has 0 radical (unpaired) electrons. The molecule has 27 heavy (non-hydrogen) atoms. The molecule has 0 spiro atoms. The van der Waals surface area contributed by atoms with Crippen molar-refractivity contribution in [3.8, 4) is 0 Å². The number of ether oxygens (including phenoxy) is 1. The second-order valence-electron chi connectivity index (χ2n) is 5.97. The number of esters is 1. The topological polar surface area (TPSA) is 92.7 Å². The van der Waals surface area contributed by atoms with Gasteiger partial charge in [-0.05, 0) is 49.6 Å². The average molecular weight is 405 g/mol. The lowest BCUT2D eigenvalue weighted by Gasteiger charge is -2.12. The largest absolute Gasteiger partial charge is 0.477 e. The minimum absolute atomic E-state index is 0.237. The highest BCUT2D eigenvalue weighted by Crippen LogP contribution is 2.39. The van der Waals surface area contributed by atoms with E-state index in [2.05, 4.69) is 5.32 Å². The van der Waals surface area contributed by atoms with Gasteiger partial charge in [-0.3, -0.25) is 4.79 Å². The summed E-state index contributed by atoms with van der Waals surface area (Å²) in [7, 11) is 0. The van der Waals surface area contributed by atoms with Crippen LogP contribution in [0.2, 0.25) is 0 Å². The standard InChI is InChI=1S/C19H19NO5S2/c1-2-25-19(24)16-11-6-3-4-7-14(11)27-17(16)20-12(18(22)23)10-13(21)15-8-5-9-26-15/h5,8-10,20H,2-4,6-7H2,1H3,(H,22,23). The van der Waals surface area contributed by atoms with E-state index in [-0.39, 0.29) is 12.3 Å². The number of carboxylic acids is 1. The molecule has 0 atom stereocenters. The van der Waals surface area contributed by atoms with Crippen molar-refractivity contribution >= 4 is 45.4 Å². The lowest BCUT2D eigenvalue weighted by Crippen LogP contribution is -2.15. The molecule has 1 aliphatic rings. The molecular weight excluding hydrogens is 386 g/mol. The molecule has 3 rings (SSSR count). The lowest BCUT2D eigenvalue weighted by atomic mass is 9.95. The van der Waals surface area contributed by atoms with E-state index in [4.69, 9.17) is 4.74 Å². The fraction of sp³-hybridized carbons (Fsp3) is 0.316. The Morgan fingerprint density at radius 1 is 1.30 bits per heavy atom. The molecule has 0 aromatic carbocycles. The predicted molar refractivity (Wildman–Crippen MR) is 105 cm³/mol. The van der Waals surface area contributed by atoms with Gasteiger partial charge in [0.1, 0.15) is 10.7 Å². The highest BCUT2D eigenvalue weighted by molar-refractivity contribution is 7.16. The number of aryl methyl sites for hydroxylation is 1. The van der Waals surface area contributed by atoms with E-state index >= 15 is 0 Å².